The van der Waals surface area contributed by atoms with Gasteiger partial charge in [-0.25, -0.2) is 0 Å². The number of nitrogens with two attached hydrogens (primary N) is 2. The highest BCUT2D eigenvalue weighted by Crippen LogP contribution is 2.48. The Bertz CT molecular complexity index is 367. The standard InChI is InChI=1S/C16H34N4/c1-13(2)7-12(19-14(3,4)17)8-15(5,9-13)10-20-11-16(20,6)18/h12,19H,7-11,17-18H2,1-6H3. The summed E-state index contributed by atoms with van der Waals surface area (Å²) in [5.74, 6) is 0. The van der Waals surface area contributed by atoms with Crippen LogP contribution >= 0.6 is 0 Å². The van der Waals surface area contributed by atoms with Crippen molar-refractivity contribution in [2.45, 2.75) is 78.2 Å². The molecule has 0 radical (unpaired) electrons. The first-order valence-corrected chi connectivity index (χ1v) is 7.91. The molecule has 4 nitrogen and oxygen atoms in total. The minimum atomic E-state index is -0.304. The fraction of sp³-hybridized carbons (Fsp3) is 1.00. The molecule has 4 atom stereocenters. The quantitative estimate of drug-likeness (QED) is 0.544. The minimum absolute atomic E-state index is 0.0688. The average molecular weight is 282 g/mol. The molecule has 20 heavy (non-hydrogen) atoms. The molecule has 4 unspecified atom stereocenters. The lowest BCUT2D eigenvalue weighted by molar-refractivity contribution is 0.0462. The van der Waals surface area contributed by atoms with Gasteiger partial charge in [-0.2, -0.15) is 0 Å². The lowest BCUT2D eigenvalue weighted by atomic mass is 9.62. The van der Waals surface area contributed by atoms with E-state index in [1.54, 1.807) is 0 Å². The van der Waals surface area contributed by atoms with Crippen molar-refractivity contribution < 1.29 is 0 Å². The highest BCUT2D eigenvalue weighted by molar-refractivity contribution is 5.04. The zero-order valence-corrected chi connectivity index (χ0v) is 14.2. The Hall–Kier alpha value is -0.160. The van der Waals surface area contributed by atoms with Crippen LogP contribution in [0.15, 0.2) is 0 Å². The van der Waals surface area contributed by atoms with Crippen LogP contribution in [-0.2, 0) is 0 Å². The molecule has 118 valence electrons. The molecular formula is C16H34N4. The van der Waals surface area contributed by atoms with Crippen molar-refractivity contribution in [1.29, 1.82) is 0 Å². The summed E-state index contributed by atoms with van der Waals surface area (Å²) in [6.45, 7) is 15.5. The van der Waals surface area contributed by atoms with Crippen molar-refractivity contribution in [3.8, 4) is 0 Å². The summed E-state index contributed by atoms with van der Waals surface area (Å²) in [5, 5.41) is 3.61. The molecule has 0 aromatic rings. The van der Waals surface area contributed by atoms with Gasteiger partial charge in [0, 0.05) is 19.1 Å². The van der Waals surface area contributed by atoms with Crippen molar-refractivity contribution in [2.75, 3.05) is 13.1 Å². The summed E-state index contributed by atoms with van der Waals surface area (Å²) in [6, 6.07) is 0.493. The van der Waals surface area contributed by atoms with E-state index in [4.69, 9.17) is 11.5 Å². The number of hydrogen-bond donors (Lipinski definition) is 3. The van der Waals surface area contributed by atoms with Gasteiger partial charge in [-0.3, -0.25) is 10.2 Å². The zero-order valence-electron chi connectivity index (χ0n) is 14.2. The molecule has 0 amide bonds. The van der Waals surface area contributed by atoms with Gasteiger partial charge in [-0.1, -0.05) is 20.8 Å². The molecule has 4 heteroatoms. The van der Waals surface area contributed by atoms with Crippen LogP contribution in [0.4, 0.5) is 0 Å². The predicted octanol–water partition coefficient (Wildman–Crippen LogP) is 1.85. The Morgan fingerprint density at radius 3 is 2.20 bits per heavy atom. The molecule has 2 rings (SSSR count). The predicted molar refractivity (Wildman–Crippen MR) is 85.1 cm³/mol. The molecule has 0 spiro atoms. The number of nitrogens with one attached hydrogen (secondary N) is 1. The van der Waals surface area contributed by atoms with Gasteiger partial charge in [0.1, 0.15) is 0 Å². The Kier molecular flexibility index (Phi) is 3.78. The number of rotatable bonds is 4. The van der Waals surface area contributed by atoms with Crippen molar-refractivity contribution in [1.82, 2.24) is 10.2 Å². The molecule has 2 fully saturated rings. The molecule has 1 saturated carbocycles. The number of hydrogen-bond acceptors (Lipinski definition) is 4. The second kappa shape index (κ2) is 4.67. The highest BCUT2D eigenvalue weighted by atomic mass is 15.4. The normalized spacial score (nSPS) is 44.4. The van der Waals surface area contributed by atoms with Gasteiger partial charge in [0.2, 0.25) is 0 Å². The first-order chi connectivity index (χ1) is 8.80. The summed E-state index contributed by atoms with van der Waals surface area (Å²) < 4.78 is 0. The maximum atomic E-state index is 6.18. The molecule has 0 bridgehead atoms. The van der Waals surface area contributed by atoms with E-state index in [2.05, 4.69) is 37.9 Å². The van der Waals surface area contributed by atoms with E-state index in [0.717, 1.165) is 13.1 Å². The smallest absolute Gasteiger partial charge is 0.0790 e. The van der Waals surface area contributed by atoms with Gasteiger partial charge in [-0.05, 0) is 50.9 Å². The zero-order chi connectivity index (χ0) is 15.4. The van der Waals surface area contributed by atoms with Crippen molar-refractivity contribution in [2.24, 2.45) is 22.3 Å². The first kappa shape index (κ1) is 16.2. The Labute approximate surface area is 124 Å². The summed E-state index contributed by atoms with van der Waals surface area (Å²) in [4.78, 5) is 2.40. The van der Waals surface area contributed by atoms with Crippen LogP contribution in [0.2, 0.25) is 0 Å². The first-order valence-electron chi connectivity index (χ1n) is 7.91. The molecule has 2 aliphatic rings. The van der Waals surface area contributed by atoms with E-state index >= 15 is 0 Å². The van der Waals surface area contributed by atoms with Gasteiger partial charge >= 0.3 is 0 Å². The van der Waals surface area contributed by atoms with E-state index in [0.29, 0.717) is 16.9 Å². The molecule has 0 aromatic heterocycles. The average Bonchev–Trinajstić information content (AvgIpc) is 2.63. The van der Waals surface area contributed by atoms with Gasteiger partial charge < -0.3 is 11.5 Å². The minimum Gasteiger partial charge on any atom is -0.314 e. The van der Waals surface area contributed by atoms with Gasteiger partial charge in [0.25, 0.3) is 0 Å². The summed E-state index contributed by atoms with van der Waals surface area (Å²) in [6.07, 6.45) is 3.64. The monoisotopic (exact) mass is 282 g/mol. The van der Waals surface area contributed by atoms with Crippen LogP contribution in [0.25, 0.3) is 0 Å². The maximum absolute atomic E-state index is 6.18. The van der Waals surface area contributed by atoms with Crippen LogP contribution in [0.5, 0.6) is 0 Å². The Balaban J connectivity index is 2.05. The Morgan fingerprint density at radius 1 is 1.20 bits per heavy atom. The highest BCUT2D eigenvalue weighted by Gasteiger charge is 2.50. The third-order valence-electron chi connectivity index (χ3n) is 4.72. The summed E-state index contributed by atoms with van der Waals surface area (Å²) >= 11 is 0. The third kappa shape index (κ3) is 4.17. The van der Waals surface area contributed by atoms with E-state index in [1.165, 1.54) is 19.3 Å². The largest absolute Gasteiger partial charge is 0.314 e. The molecule has 1 aliphatic carbocycles. The topological polar surface area (TPSA) is 67.1 Å². The van der Waals surface area contributed by atoms with Crippen LogP contribution < -0.4 is 16.8 Å². The molecule has 0 aromatic carbocycles. The van der Waals surface area contributed by atoms with Crippen LogP contribution in [-0.4, -0.2) is 35.4 Å². The van der Waals surface area contributed by atoms with E-state index in [-0.39, 0.29) is 11.3 Å². The van der Waals surface area contributed by atoms with Crippen molar-refractivity contribution in [3.05, 3.63) is 0 Å². The number of nitrogens with zero attached hydrogens (tertiary/aromatic N) is 1. The molecule has 1 aliphatic heterocycles. The van der Waals surface area contributed by atoms with Gasteiger partial charge in [0.05, 0.1) is 11.3 Å². The lowest BCUT2D eigenvalue weighted by Crippen LogP contribution is -2.57. The second-order valence-corrected chi connectivity index (χ2v) is 9.34. The van der Waals surface area contributed by atoms with Gasteiger partial charge in [0.15, 0.2) is 0 Å². The summed E-state index contributed by atoms with van der Waals surface area (Å²) in [7, 11) is 0. The fourth-order valence-corrected chi connectivity index (χ4v) is 4.43. The van der Waals surface area contributed by atoms with E-state index in [1.807, 2.05) is 13.8 Å². The third-order valence-corrected chi connectivity index (χ3v) is 4.72. The molecule has 1 heterocycles. The molecule has 5 N–H and O–H groups in total. The summed E-state index contributed by atoms with van der Waals surface area (Å²) in [5.41, 5.74) is 12.6. The SMILES string of the molecule is CC1(C)CC(NC(C)(C)N)CC(C)(CN2CC2(C)N)C1. The van der Waals surface area contributed by atoms with E-state index < -0.39 is 0 Å². The van der Waals surface area contributed by atoms with Crippen molar-refractivity contribution in [3.63, 3.8) is 0 Å². The fourth-order valence-electron chi connectivity index (χ4n) is 4.43. The maximum Gasteiger partial charge on any atom is 0.0790 e. The van der Waals surface area contributed by atoms with Crippen LogP contribution in [0, 0.1) is 10.8 Å². The van der Waals surface area contributed by atoms with Gasteiger partial charge in [-0.15, -0.1) is 0 Å². The molecule has 1 saturated heterocycles. The molecular weight excluding hydrogens is 248 g/mol. The Morgan fingerprint density at radius 2 is 1.75 bits per heavy atom. The van der Waals surface area contributed by atoms with Crippen LogP contribution in [0.3, 0.4) is 0 Å². The lowest BCUT2D eigenvalue weighted by Gasteiger charge is -2.48. The van der Waals surface area contributed by atoms with E-state index in [9.17, 15) is 0 Å². The second-order valence-electron chi connectivity index (χ2n) is 9.34. The van der Waals surface area contributed by atoms with Crippen molar-refractivity contribution >= 4 is 0 Å². The van der Waals surface area contributed by atoms with Crippen LogP contribution in [0.1, 0.15) is 60.8 Å².